The lowest BCUT2D eigenvalue weighted by molar-refractivity contribution is 0.172. The zero-order valence-electron chi connectivity index (χ0n) is 95.4. The summed E-state index contributed by atoms with van der Waals surface area (Å²) in [4.78, 5) is 45.3. The lowest BCUT2D eigenvalue weighted by Gasteiger charge is -2.30. The van der Waals surface area contributed by atoms with Crippen LogP contribution in [-0.2, 0) is 0 Å². The first-order valence-corrected chi connectivity index (χ1v) is 60.2. The molecule has 0 rings (SSSR count). The van der Waals surface area contributed by atoms with Crippen LogP contribution in [0.5, 0.6) is 0 Å². The molecule has 0 fully saturated rings. The number of unbranched alkanes of at least 4 members (excludes halogenated alkanes) is 1. The van der Waals surface area contributed by atoms with Gasteiger partial charge in [0.15, 0.2) is 0 Å². The van der Waals surface area contributed by atoms with Crippen LogP contribution in [0.1, 0.15) is 225 Å². The van der Waals surface area contributed by atoms with Gasteiger partial charge in [-0.1, -0.05) is 0 Å². The van der Waals surface area contributed by atoms with Gasteiger partial charge in [0.25, 0.3) is 0 Å². The molecule has 0 aromatic heterocycles. The van der Waals surface area contributed by atoms with Gasteiger partial charge in [0, 0.05) is 26.2 Å². The Labute approximate surface area is 894 Å². The molecule has 0 spiro atoms. The number of hydrogen-bond donors (Lipinski definition) is 21. The normalized spacial score (nSPS) is 12.5. The lowest BCUT2D eigenvalue weighted by Crippen LogP contribution is -2.42. The summed E-state index contributed by atoms with van der Waals surface area (Å²) in [7, 11) is 0. The third-order valence-electron chi connectivity index (χ3n) is 28.3. The molecule has 0 radical (unpaired) electrons. The predicted octanol–water partition coefficient (Wildman–Crippen LogP) is -1.11. The van der Waals surface area contributed by atoms with Crippen LogP contribution < -0.4 is 120 Å². The summed E-state index contributed by atoms with van der Waals surface area (Å²) in [6.07, 6.45) is 37.6. The van der Waals surface area contributed by atoms with Crippen LogP contribution in [0.15, 0.2) is 0 Å². The van der Waals surface area contributed by atoms with Gasteiger partial charge in [-0.05, 0) is 670 Å². The smallest absolute Gasteiger partial charge is 0.0110 e. The lowest BCUT2D eigenvalue weighted by atomic mass is 10.2. The molecule has 0 aromatic rings. The maximum atomic E-state index is 6.08. The first-order chi connectivity index (χ1) is 71.2. The van der Waals surface area contributed by atoms with Crippen LogP contribution in [0.4, 0.5) is 0 Å². The summed E-state index contributed by atoms with van der Waals surface area (Å²) in [5.41, 5.74) is 126. The van der Waals surface area contributed by atoms with Gasteiger partial charge in [0.1, 0.15) is 0 Å². The minimum absolute atomic E-state index is 0.718. The molecule has 0 amide bonds. The highest BCUT2D eigenvalue weighted by atomic mass is 15.3. The van der Waals surface area contributed by atoms with Crippen molar-refractivity contribution in [1.82, 2.24) is 83.3 Å². The maximum Gasteiger partial charge on any atom is 0.0110 e. The Balaban J connectivity index is 0. The Morgan fingerprint density at radius 1 is 0.0552 bits per heavy atom. The number of nitrogens with two attached hydrogens (primary N) is 21. The largest absolute Gasteiger partial charge is 0.330 e. The molecule has 0 bridgehead atoms. The Kier molecular flexibility index (Phi) is 117. The standard InChI is InChI=1S/C88H208N30.C19H48N8/c89-31-3-49-107(50-4-32-90)69-23-81-115(82-24-70-108(51-5-33-91)52-6-34-92)77-19-65-105(66-20-78-116(83-25-71-109(53-7-35-93)54-8-36-94)84-26-72-110(55-9-37-95)56-10-38-96)47-1-2-48-106(67-21-79-117(85-27-73-111(57-11-39-97)58-12-40-98)86-28-74-112(59-13-41-99)60-14-42-100)68-22-80-118(87-29-75-113(61-15-43-101)62-16-44-102)88-30-76-114(63-17-45-103)64-18-46-104;20-6-1-11-25(12-2-7-21)16-18-27(15-5-10-24)19-17-26(13-3-8-22)14-4-9-23/h1-104H2;1-24H2. The molecule has 0 unspecified atom stereocenters. The molecular weight excluding hydrogens is 1820 g/mol. The molecule has 0 heterocycles. The summed E-state index contributed by atoms with van der Waals surface area (Å²) in [5.74, 6) is 0. The summed E-state index contributed by atoms with van der Waals surface area (Å²) >= 11 is 0. The van der Waals surface area contributed by atoms with Crippen LogP contribution in [0.25, 0.3) is 0 Å². The summed E-state index contributed by atoms with van der Waals surface area (Å²) in [6.45, 7) is 69.7. The monoisotopic (exact) mass is 2070 g/mol. The molecule has 38 heteroatoms. The van der Waals surface area contributed by atoms with Crippen molar-refractivity contribution in [2.75, 3.05) is 471 Å². The highest BCUT2D eigenvalue weighted by Gasteiger charge is 2.21. The Bertz CT molecular complexity index is 1970. The zero-order chi connectivity index (χ0) is 106. The van der Waals surface area contributed by atoms with E-state index < -0.39 is 0 Å². The van der Waals surface area contributed by atoms with Crippen LogP contribution in [0, 0.1) is 0 Å². The first-order valence-electron chi connectivity index (χ1n) is 60.2. The van der Waals surface area contributed by atoms with E-state index in [1.807, 2.05) is 0 Å². The van der Waals surface area contributed by atoms with E-state index in [-0.39, 0.29) is 0 Å². The van der Waals surface area contributed by atoms with E-state index in [1.54, 1.807) is 0 Å². The topological polar surface area (TPSA) is 601 Å². The maximum absolute atomic E-state index is 6.08. The van der Waals surface area contributed by atoms with Crippen LogP contribution >= 0.6 is 0 Å². The first kappa shape index (κ1) is 146. The van der Waals surface area contributed by atoms with E-state index in [4.69, 9.17) is 120 Å². The Morgan fingerprint density at radius 3 is 0.172 bits per heavy atom. The average molecular weight is 2080 g/mol. The molecule has 0 aliphatic heterocycles. The fourth-order valence-corrected chi connectivity index (χ4v) is 19.8. The molecule has 0 aliphatic carbocycles. The van der Waals surface area contributed by atoms with Crippen molar-refractivity contribution in [1.29, 1.82) is 0 Å². The van der Waals surface area contributed by atoms with Crippen molar-refractivity contribution in [2.45, 2.75) is 225 Å². The number of rotatable bonds is 122. The minimum atomic E-state index is 0.718. The molecule has 42 N–H and O–H groups in total. The van der Waals surface area contributed by atoms with Crippen LogP contribution in [0.3, 0.4) is 0 Å². The van der Waals surface area contributed by atoms with Crippen molar-refractivity contribution in [3.63, 3.8) is 0 Å². The highest BCUT2D eigenvalue weighted by Crippen LogP contribution is 2.15. The average Bonchev–Trinajstić information content (AvgIpc) is 0.947. The van der Waals surface area contributed by atoms with E-state index in [0.717, 1.165) is 683 Å². The van der Waals surface area contributed by atoms with E-state index in [0.29, 0.717) is 0 Å². The summed E-state index contributed by atoms with van der Waals surface area (Å²) < 4.78 is 0. The third-order valence-corrected chi connectivity index (χ3v) is 28.3. The van der Waals surface area contributed by atoms with Crippen molar-refractivity contribution >= 4 is 0 Å². The number of hydrogen-bond acceptors (Lipinski definition) is 38. The van der Waals surface area contributed by atoms with Gasteiger partial charge in [-0.3, -0.25) is 0 Å². The van der Waals surface area contributed by atoms with Gasteiger partial charge in [-0.25, -0.2) is 0 Å². The second-order valence-corrected chi connectivity index (χ2v) is 41.2. The van der Waals surface area contributed by atoms with Gasteiger partial charge < -0.3 is 204 Å². The van der Waals surface area contributed by atoms with Gasteiger partial charge in [-0.15, -0.1) is 0 Å². The van der Waals surface area contributed by atoms with E-state index in [2.05, 4.69) is 83.3 Å². The van der Waals surface area contributed by atoms with Crippen molar-refractivity contribution in [2.24, 2.45) is 120 Å². The summed E-state index contributed by atoms with van der Waals surface area (Å²) in [5, 5.41) is 0. The predicted molar refractivity (Wildman–Crippen MR) is 631 cm³/mol. The van der Waals surface area contributed by atoms with Gasteiger partial charge in [0.2, 0.25) is 0 Å². The number of nitrogens with zero attached hydrogens (tertiary/aromatic N) is 17. The molecular formula is C107H256N38. The molecule has 0 saturated heterocycles. The second-order valence-electron chi connectivity index (χ2n) is 41.2. The SMILES string of the molecule is NCCCN(CCCN)CCCN(CCCN(CCCN)CCCN)CCCN(CCCCN(CCCN(CCCN(CCCN)CCCN)CCCN(CCCN)CCCN)CCCN(CCCN(CCCN)CCCN)CCCN(CCCN)CCCN)CCCN(CCCN(CCCN)CCCN)CCCN(CCCN)CCCN.NCCCN(CCCN)CCN(CCCN)CCN(CCCN)CCCN. The quantitative estimate of drug-likeness (QED) is 0.0321. The van der Waals surface area contributed by atoms with Crippen LogP contribution in [0.2, 0.25) is 0 Å². The Morgan fingerprint density at radius 2 is 0.103 bits per heavy atom. The van der Waals surface area contributed by atoms with E-state index in [9.17, 15) is 0 Å². The van der Waals surface area contributed by atoms with E-state index in [1.165, 1.54) is 12.8 Å². The fourth-order valence-electron chi connectivity index (χ4n) is 19.8. The van der Waals surface area contributed by atoms with Gasteiger partial charge >= 0.3 is 0 Å². The second kappa shape index (κ2) is 116. The van der Waals surface area contributed by atoms with Crippen LogP contribution in [-0.4, -0.2) is 555 Å². The molecule has 0 aromatic carbocycles. The molecule has 0 atom stereocenters. The Hall–Kier alpha value is -1.52. The third kappa shape index (κ3) is 95.6. The molecule has 0 saturated carbocycles. The molecule has 38 nitrogen and oxygen atoms in total. The summed E-state index contributed by atoms with van der Waals surface area (Å²) in [6, 6.07) is 0. The van der Waals surface area contributed by atoms with E-state index >= 15 is 0 Å². The van der Waals surface area contributed by atoms with Crippen molar-refractivity contribution in [3.8, 4) is 0 Å². The zero-order valence-corrected chi connectivity index (χ0v) is 95.4. The molecule has 874 valence electrons. The van der Waals surface area contributed by atoms with Crippen molar-refractivity contribution in [3.05, 3.63) is 0 Å². The van der Waals surface area contributed by atoms with Gasteiger partial charge in [0.05, 0.1) is 0 Å². The molecule has 145 heavy (non-hydrogen) atoms. The highest BCUT2D eigenvalue weighted by molar-refractivity contribution is 4.78. The fraction of sp³-hybridized carbons (Fsp3) is 1.00. The minimum Gasteiger partial charge on any atom is -0.330 e. The van der Waals surface area contributed by atoms with Gasteiger partial charge in [-0.2, -0.15) is 0 Å². The molecule has 0 aliphatic rings. The van der Waals surface area contributed by atoms with Crippen molar-refractivity contribution < 1.29 is 0 Å².